The van der Waals surface area contributed by atoms with Crippen LogP contribution >= 0.6 is 0 Å². The Morgan fingerprint density at radius 2 is 2.04 bits per heavy atom. The van der Waals surface area contributed by atoms with Crippen molar-refractivity contribution in [1.82, 2.24) is 25.0 Å². The van der Waals surface area contributed by atoms with Crippen molar-refractivity contribution in [2.24, 2.45) is 5.92 Å². The molecular weight excluding hydrogens is 314 g/mol. The molecule has 1 N–H and O–H groups in total. The lowest BCUT2D eigenvalue weighted by Gasteiger charge is -2.37. The molecule has 0 aromatic carbocycles. The van der Waals surface area contributed by atoms with E-state index in [1.807, 2.05) is 17.2 Å². The van der Waals surface area contributed by atoms with Crippen molar-refractivity contribution in [3.05, 3.63) is 30.1 Å². The zero-order chi connectivity index (χ0) is 17.1. The summed E-state index contributed by atoms with van der Waals surface area (Å²) in [6.07, 6.45) is 4.39. The fourth-order valence-corrected chi connectivity index (χ4v) is 4.51. The first-order chi connectivity index (χ1) is 12.3. The van der Waals surface area contributed by atoms with Crippen molar-refractivity contribution in [2.45, 2.75) is 25.4 Å². The number of nitrogens with zero attached hydrogens (tertiary/aromatic N) is 4. The fraction of sp³-hybridized carbons (Fsp3) is 0.684. The first-order valence-corrected chi connectivity index (χ1v) is 9.63. The molecule has 5 heterocycles. The zero-order valence-corrected chi connectivity index (χ0v) is 14.9. The number of piperazine rings is 1. The highest BCUT2D eigenvalue weighted by molar-refractivity contribution is 5.78. The number of piperidine rings is 1. The predicted octanol–water partition coefficient (Wildman–Crippen LogP) is 0.410. The van der Waals surface area contributed by atoms with Gasteiger partial charge < -0.3 is 10.2 Å². The van der Waals surface area contributed by atoms with Gasteiger partial charge in [-0.2, -0.15) is 0 Å². The van der Waals surface area contributed by atoms with Gasteiger partial charge in [-0.3, -0.25) is 19.6 Å². The first-order valence-electron chi connectivity index (χ1n) is 9.63. The van der Waals surface area contributed by atoms with Crippen molar-refractivity contribution >= 4 is 5.91 Å². The smallest absolute Gasteiger partial charge is 0.236 e. The van der Waals surface area contributed by atoms with Gasteiger partial charge in [-0.1, -0.05) is 6.07 Å². The molecule has 4 aliphatic rings. The van der Waals surface area contributed by atoms with Gasteiger partial charge in [0.05, 0.1) is 12.2 Å². The predicted molar refractivity (Wildman–Crippen MR) is 97.0 cm³/mol. The first kappa shape index (κ1) is 16.9. The van der Waals surface area contributed by atoms with Crippen LogP contribution in [-0.4, -0.2) is 84.0 Å². The third-order valence-corrected chi connectivity index (χ3v) is 5.82. The molecule has 4 aliphatic heterocycles. The maximum atomic E-state index is 12.7. The molecule has 1 aromatic rings. The van der Waals surface area contributed by atoms with Crippen LogP contribution in [0, 0.1) is 5.92 Å². The summed E-state index contributed by atoms with van der Waals surface area (Å²) in [7, 11) is 0. The lowest BCUT2D eigenvalue weighted by molar-refractivity contribution is -0.134. The molecule has 4 saturated heterocycles. The maximum absolute atomic E-state index is 12.7. The molecular formula is C19H29N5O. The maximum Gasteiger partial charge on any atom is 0.236 e. The molecule has 0 spiro atoms. The van der Waals surface area contributed by atoms with Crippen LogP contribution in [0.25, 0.3) is 0 Å². The highest BCUT2D eigenvalue weighted by Gasteiger charge is 2.36. The number of amides is 1. The molecule has 2 unspecified atom stereocenters. The van der Waals surface area contributed by atoms with Crippen LogP contribution in [0.1, 0.15) is 18.5 Å². The molecule has 6 heteroatoms. The molecule has 4 fully saturated rings. The summed E-state index contributed by atoms with van der Waals surface area (Å²) in [4.78, 5) is 24.2. The van der Waals surface area contributed by atoms with Crippen LogP contribution < -0.4 is 5.32 Å². The minimum Gasteiger partial charge on any atom is -0.339 e. The summed E-state index contributed by atoms with van der Waals surface area (Å²) < 4.78 is 0. The van der Waals surface area contributed by atoms with E-state index in [4.69, 9.17) is 0 Å². The topological polar surface area (TPSA) is 51.7 Å². The molecule has 136 valence electrons. The minimum absolute atomic E-state index is 0.310. The molecule has 0 radical (unpaired) electrons. The molecule has 1 aromatic heterocycles. The van der Waals surface area contributed by atoms with Gasteiger partial charge in [-0.15, -0.1) is 0 Å². The van der Waals surface area contributed by atoms with Gasteiger partial charge in [0.2, 0.25) is 5.91 Å². The van der Waals surface area contributed by atoms with E-state index in [1.54, 1.807) is 0 Å². The van der Waals surface area contributed by atoms with E-state index >= 15 is 0 Å². The van der Waals surface area contributed by atoms with Crippen LogP contribution in [0.5, 0.6) is 0 Å². The Bertz CT molecular complexity index is 574. The van der Waals surface area contributed by atoms with E-state index < -0.39 is 0 Å². The van der Waals surface area contributed by atoms with Gasteiger partial charge in [0.15, 0.2) is 0 Å². The largest absolute Gasteiger partial charge is 0.339 e. The van der Waals surface area contributed by atoms with E-state index in [2.05, 4.69) is 32.2 Å². The molecule has 2 atom stereocenters. The van der Waals surface area contributed by atoms with Gasteiger partial charge in [0, 0.05) is 64.6 Å². The number of aromatic nitrogens is 1. The van der Waals surface area contributed by atoms with Crippen molar-refractivity contribution in [2.75, 3.05) is 52.4 Å². The summed E-state index contributed by atoms with van der Waals surface area (Å²) in [5.74, 6) is 0.989. The number of carbonyl (C=O) groups excluding carboxylic acids is 1. The van der Waals surface area contributed by atoms with Crippen LogP contribution in [0.4, 0.5) is 0 Å². The Labute approximate surface area is 150 Å². The van der Waals surface area contributed by atoms with Crippen molar-refractivity contribution in [1.29, 1.82) is 0 Å². The van der Waals surface area contributed by atoms with E-state index in [-0.39, 0.29) is 0 Å². The van der Waals surface area contributed by atoms with Gasteiger partial charge in [0.1, 0.15) is 0 Å². The highest BCUT2D eigenvalue weighted by atomic mass is 16.2. The number of pyridine rings is 1. The summed E-state index contributed by atoms with van der Waals surface area (Å²) in [5.41, 5.74) is 1.15. The standard InChI is InChI=1S/C19H29N5O/c25-19(23-9-7-20-8-10-23)15-24-12-16-4-5-18(24)14-22(11-16)13-17-3-1-2-6-21-17/h1-3,6,16,18,20H,4-5,7-15H2. The average Bonchev–Trinajstić information content (AvgIpc) is 2.94. The quantitative estimate of drug-likeness (QED) is 0.858. The second kappa shape index (κ2) is 7.81. The number of rotatable bonds is 4. The minimum atomic E-state index is 0.310. The summed E-state index contributed by atoms with van der Waals surface area (Å²) in [5, 5.41) is 3.32. The monoisotopic (exact) mass is 343 g/mol. The Balaban J connectivity index is 1.37. The molecule has 6 nitrogen and oxygen atoms in total. The Hall–Kier alpha value is -1.50. The summed E-state index contributed by atoms with van der Waals surface area (Å²) in [6.45, 7) is 8.34. The van der Waals surface area contributed by atoms with Crippen molar-refractivity contribution in [3.8, 4) is 0 Å². The van der Waals surface area contributed by atoms with E-state index in [1.165, 1.54) is 12.8 Å². The van der Waals surface area contributed by atoms with E-state index in [0.717, 1.165) is 58.1 Å². The SMILES string of the molecule is O=C(CN1CC2CCC1CN(Cc1ccccn1)C2)N1CCNCC1. The molecule has 0 saturated carbocycles. The van der Waals surface area contributed by atoms with Crippen LogP contribution in [-0.2, 0) is 11.3 Å². The van der Waals surface area contributed by atoms with Gasteiger partial charge in [-0.25, -0.2) is 0 Å². The van der Waals surface area contributed by atoms with Crippen LogP contribution in [0.15, 0.2) is 24.4 Å². The highest BCUT2D eigenvalue weighted by Crippen LogP contribution is 2.28. The Morgan fingerprint density at radius 1 is 1.16 bits per heavy atom. The average molecular weight is 343 g/mol. The third kappa shape index (κ3) is 4.19. The molecule has 0 aliphatic carbocycles. The Kier molecular flexibility index (Phi) is 5.29. The van der Waals surface area contributed by atoms with E-state index in [0.29, 0.717) is 24.4 Å². The number of nitrogens with one attached hydrogen (secondary N) is 1. The van der Waals surface area contributed by atoms with Gasteiger partial charge >= 0.3 is 0 Å². The van der Waals surface area contributed by atoms with Crippen molar-refractivity contribution < 1.29 is 4.79 Å². The number of hydrogen-bond acceptors (Lipinski definition) is 5. The second-order valence-electron chi connectivity index (χ2n) is 7.67. The van der Waals surface area contributed by atoms with Crippen LogP contribution in [0.3, 0.4) is 0 Å². The molecule has 1 amide bonds. The molecule has 2 bridgehead atoms. The Morgan fingerprint density at radius 3 is 2.84 bits per heavy atom. The lowest BCUT2D eigenvalue weighted by Crippen LogP contribution is -2.53. The van der Waals surface area contributed by atoms with Crippen molar-refractivity contribution in [3.63, 3.8) is 0 Å². The van der Waals surface area contributed by atoms with Gasteiger partial charge in [-0.05, 0) is 30.9 Å². The number of fused-ring (bicyclic) bond motifs is 4. The normalized spacial score (nSPS) is 28.1. The number of carbonyl (C=O) groups is 1. The fourth-order valence-electron chi connectivity index (χ4n) is 4.51. The van der Waals surface area contributed by atoms with Gasteiger partial charge in [0.25, 0.3) is 0 Å². The second-order valence-corrected chi connectivity index (χ2v) is 7.67. The van der Waals surface area contributed by atoms with E-state index in [9.17, 15) is 4.79 Å². The molecule has 25 heavy (non-hydrogen) atoms. The zero-order valence-electron chi connectivity index (χ0n) is 14.9. The third-order valence-electron chi connectivity index (χ3n) is 5.82. The van der Waals surface area contributed by atoms with Crippen LogP contribution in [0.2, 0.25) is 0 Å². The molecule has 5 rings (SSSR count). The number of hydrogen-bond donors (Lipinski definition) is 1. The summed E-state index contributed by atoms with van der Waals surface area (Å²) in [6, 6.07) is 6.65. The lowest BCUT2D eigenvalue weighted by atomic mass is 9.95. The summed E-state index contributed by atoms with van der Waals surface area (Å²) >= 11 is 0.